The molecule has 2 aromatic rings. The molecule has 0 unspecified atom stereocenters. The van der Waals surface area contributed by atoms with Gasteiger partial charge in [0.15, 0.2) is 11.5 Å². The summed E-state index contributed by atoms with van der Waals surface area (Å²) in [4.78, 5) is 12.1. The lowest BCUT2D eigenvalue weighted by Gasteiger charge is -2.11. The zero-order chi connectivity index (χ0) is 20.2. The van der Waals surface area contributed by atoms with Gasteiger partial charge < -0.3 is 19.5 Å². The molecule has 0 saturated carbocycles. The Kier molecular flexibility index (Phi) is 8.57. The van der Waals surface area contributed by atoms with E-state index in [0.717, 1.165) is 5.56 Å². The lowest BCUT2D eigenvalue weighted by atomic mass is 10.1. The first-order chi connectivity index (χ1) is 13.7. The van der Waals surface area contributed by atoms with Gasteiger partial charge in [-0.1, -0.05) is 36.4 Å². The zero-order valence-electron chi connectivity index (χ0n) is 16.1. The number of nitriles is 1. The molecular formula is C22H24N2O4. The molecule has 0 aliphatic carbocycles. The summed E-state index contributed by atoms with van der Waals surface area (Å²) < 4.78 is 16.1. The SMILES string of the molecule is COCCCNC(=O)/C(C#N)=C/c1ccc(OCc2ccccc2)c(OC)c1. The molecule has 0 saturated heterocycles. The molecule has 146 valence electrons. The number of amides is 1. The molecule has 0 radical (unpaired) electrons. The highest BCUT2D eigenvalue weighted by Gasteiger charge is 2.10. The molecular weight excluding hydrogens is 356 g/mol. The van der Waals surface area contributed by atoms with Gasteiger partial charge in [-0.3, -0.25) is 4.79 Å². The molecule has 2 rings (SSSR count). The fraction of sp³-hybridized carbons (Fsp3) is 0.273. The first-order valence-corrected chi connectivity index (χ1v) is 8.91. The molecule has 0 heterocycles. The van der Waals surface area contributed by atoms with Crippen LogP contribution in [0.2, 0.25) is 0 Å². The van der Waals surface area contributed by atoms with Crippen molar-refractivity contribution >= 4 is 12.0 Å². The van der Waals surface area contributed by atoms with Crippen molar-refractivity contribution in [2.45, 2.75) is 13.0 Å². The standard InChI is InChI=1S/C22H24N2O4/c1-26-12-6-11-24-22(25)19(15-23)13-18-9-10-20(21(14-18)27-2)28-16-17-7-4-3-5-8-17/h3-5,7-10,13-14H,6,11-12,16H2,1-2H3,(H,24,25)/b19-13+. The third kappa shape index (κ3) is 6.45. The number of nitrogens with zero attached hydrogens (tertiary/aromatic N) is 1. The Labute approximate surface area is 165 Å². The number of hydrogen-bond acceptors (Lipinski definition) is 5. The van der Waals surface area contributed by atoms with E-state index in [2.05, 4.69) is 5.32 Å². The molecule has 0 aliphatic rings. The van der Waals surface area contributed by atoms with E-state index in [9.17, 15) is 10.1 Å². The van der Waals surface area contributed by atoms with Gasteiger partial charge in [0.25, 0.3) is 5.91 Å². The quantitative estimate of drug-likeness (QED) is 0.388. The lowest BCUT2D eigenvalue weighted by Crippen LogP contribution is -2.26. The number of hydrogen-bond donors (Lipinski definition) is 1. The van der Waals surface area contributed by atoms with Crippen LogP contribution in [0.3, 0.4) is 0 Å². The van der Waals surface area contributed by atoms with Crippen molar-refractivity contribution in [1.29, 1.82) is 5.26 Å². The molecule has 0 bridgehead atoms. The second-order valence-electron chi connectivity index (χ2n) is 5.96. The van der Waals surface area contributed by atoms with Crippen LogP contribution >= 0.6 is 0 Å². The van der Waals surface area contributed by atoms with E-state index >= 15 is 0 Å². The normalized spacial score (nSPS) is 10.8. The van der Waals surface area contributed by atoms with Crippen molar-refractivity contribution in [2.24, 2.45) is 0 Å². The van der Waals surface area contributed by atoms with Crippen molar-refractivity contribution in [3.63, 3.8) is 0 Å². The number of benzene rings is 2. The van der Waals surface area contributed by atoms with Crippen LogP contribution in [0.25, 0.3) is 6.08 Å². The fourth-order valence-corrected chi connectivity index (χ4v) is 2.46. The second kappa shape index (κ2) is 11.4. The summed E-state index contributed by atoms with van der Waals surface area (Å²) in [5.41, 5.74) is 1.75. The Bertz CT molecular complexity index is 841. The minimum absolute atomic E-state index is 0.0254. The summed E-state index contributed by atoms with van der Waals surface area (Å²) in [5, 5.41) is 12.0. The van der Waals surface area contributed by atoms with Crippen molar-refractivity contribution in [1.82, 2.24) is 5.32 Å². The Hall–Kier alpha value is -3.30. The van der Waals surface area contributed by atoms with Gasteiger partial charge in [0.1, 0.15) is 18.2 Å². The summed E-state index contributed by atoms with van der Waals surface area (Å²) in [5.74, 6) is 0.704. The lowest BCUT2D eigenvalue weighted by molar-refractivity contribution is -0.117. The maximum atomic E-state index is 12.1. The third-order valence-electron chi connectivity index (χ3n) is 3.91. The molecule has 0 atom stereocenters. The van der Waals surface area contributed by atoms with Gasteiger partial charge in [-0.2, -0.15) is 5.26 Å². The molecule has 28 heavy (non-hydrogen) atoms. The Morgan fingerprint density at radius 2 is 1.93 bits per heavy atom. The van der Waals surface area contributed by atoms with Crippen LogP contribution in [-0.4, -0.2) is 33.3 Å². The van der Waals surface area contributed by atoms with Gasteiger partial charge in [-0.15, -0.1) is 0 Å². The molecule has 2 aromatic carbocycles. The Balaban J connectivity index is 2.07. The zero-order valence-corrected chi connectivity index (χ0v) is 16.1. The highest BCUT2D eigenvalue weighted by atomic mass is 16.5. The topological polar surface area (TPSA) is 80.6 Å². The van der Waals surface area contributed by atoms with Crippen molar-refractivity contribution < 1.29 is 19.0 Å². The van der Waals surface area contributed by atoms with E-state index in [1.807, 2.05) is 36.4 Å². The van der Waals surface area contributed by atoms with Gasteiger partial charge in [0, 0.05) is 20.3 Å². The Morgan fingerprint density at radius 3 is 2.61 bits per heavy atom. The smallest absolute Gasteiger partial charge is 0.261 e. The number of carbonyl (C=O) groups excluding carboxylic acids is 1. The van der Waals surface area contributed by atoms with Crippen molar-refractivity contribution in [3.05, 3.63) is 65.2 Å². The number of nitrogens with one attached hydrogen (secondary N) is 1. The van der Waals surface area contributed by atoms with E-state index < -0.39 is 5.91 Å². The van der Waals surface area contributed by atoms with E-state index in [0.29, 0.717) is 43.2 Å². The third-order valence-corrected chi connectivity index (χ3v) is 3.91. The van der Waals surface area contributed by atoms with E-state index in [-0.39, 0.29) is 5.57 Å². The average molecular weight is 380 g/mol. The van der Waals surface area contributed by atoms with Crippen LogP contribution in [0.15, 0.2) is 54.1 Å². The summed E-state index contributed by atoms with van der Waals surface area (Å²) in [6.45, 7) is 1.41. The molecule has 1 amide bonds. The predicted molar refractivity (Wildman–Crippen MR) is 107 cm³/mol. The van der Waals surface area contributed by atoms with Gasteiger partial charge >= 0.3 is 0 Å². The maximum Gasteiger partial charge on any atom is 0.261 e. The molecule has 0 aliphatic heterocycles. The van der Waals surface area contributed by atoms with E-state index in [4.69, 9.17) is 14.2 Å². The van der Waals surface area contributed by atoms with Crippen molar-refractivity contribution in [2.75, 3.05) is 27.4 Å². The van der Waals surface area contributed by atoms with Crippen LogP contribution < -0.4 is 14.8 Å². The number of ether oxygens (including phenoxy) is 3. The summed E-state index contributed by atoms with van der Waals surface area (Å²) >= 11 is 0. The maximum absolute atomic E-state index is 12.1. The van der Waals surface area contributed by atoms with Crippen LogP contribution in [-0.2, 0) is 16.1 Å². The van der Waals surface area contributed by atoms with Crippen LogP contribution in [0.5, 0.6) is 11.5 Å². The minimum atomic E-state index is -0.415. The van der Waals surface area contributed by atoms with E-state index in [1.165, 1.54) is 6.08 Å². The molecule has 0 fully saturated rings. The average Bonchev–Trinajstić information content (AvgIpc) is 2.74. The molecule has 6 nitrogen and oxygen atoms in total. The second-order valence-corrected chi connectivity index (χ2v) is 5.96. The molecule has 6 heteroatoms. The van der Waals surface area contributed by atoms with Crippen LogP contribution in [0.1, 0.15) is 17.5 Å². The number of carbonyl (C=O) groups is 1. The first-order valence-electron chi connectivity index (χ1n) is 8.91. The van der Waals surface area contributed by atoms with Crippen molar-refractivity contribution in [3.8, 4) is 17.6 Å². The van der Waals surface area contributed by atoms with E-state index in [1.54, 1.807) is 32.4 Å². The summed E-state index contributed by atoms with van der Waals surface area (Å²) in [6.07, 6.45) is 2.21. The minimum Gasteiger partial charge on any atom is -0.493 e. The van der Waals surface area contributed by atoms with Gasteiger partial charge in [0.05, 0.1) is 7.11 Å². The highest BCUT2D eigenvalue weighted by Crippen LogP contribution is 2.29. The summed E-state index contributed by atoms with van der Waals surface area (Å²) in [7, 11) is 3.15. The molecule has 1 N–H and O–H groups in total. The van der Waals surface area contributed by atoms with Crippen LogP contribution in [0, 0.1) is 11.3 Å². The predicted octanol–water partition coefficient (Wildman–Crippen LogP) is 3.33. The monoisotopic (exact) mass is 380 g/mol. The number of rotatable bonds is 10. The fourth-order valence-electron chi connectivity index (χ4n) is 2.46. The molecule has 0 spiro atoms. The highest BCUT2D eigenvalue weighted by molar-refractivity contribution is 6.01. The summed E-state index contributed by atoms with van der Waals surface area (Å²) in [6, 6.07) is 17.0. The number of methoxy groups -OCH3 is 2. The largest absolute Gasteiger partial charge is 0.493 e. The molecule has 0 aromatic heterocycles. The Morgan fingerprint density at radius 1 is 1.14 bits per heavy atom. The van der Waals surface area contributed by atoms with Gasteiger partial charge in [-0.25, -0.2) is 0 Å². The van der Waals surface area contributed by atoms with Crippen LogP contribution in [0.4, 0.5) is 0 Å². The first kappa shape index (κ1) is 21.0. The van der Waals surface area contributed by atoms with Gasteiger partial charge in [-0.05, 0) is 35.8 Å². The van der Waals surface area contributed by atoms with Gasteiger partial charge in [0.2, 0.25) is 0 Å².